The molecule has 1 atom stereocenters. The van der Waals surface area contributed by atoms with Gasteiger partial charge in [0.2, 0.25) is 0 Å². The fourth-order valence-electron chi connectivity index (χ4n) is 3.05. The van der Waals surface area contributed by atoms with Crippen LogP contribution in [0.5, 0.6) is 0 Å². The van der Waals surface area contributed by atoms with Gasteiger partial charge in [-0.2, -0.15) is 0 Å². The molecule has 1 fully saturated rings. The van der Waals surface area contributed by atoms with Gasteiger partial charge in [0.15, 0.2) is 0 Å². The van der Waals surface area contributed by atoms with Crippen molar-refractivity contribution in [2.24, 2.45) is 0 Å². The third-order valence-corrected chi connectivity index (χ3v) is 4.31. The summed E-state index contributed by atoms with van der Waals surface area (Å²) in [6.45, 7) is 6.03. The first-order valence-corrected chi connectivity index (χ1v) is 6.99. The predicted octanol–water partition coefficient (Wildman–Crippen LogP) is 1.90. The number of para-hydroxylation sites is 1. The molecule has 1 saturated heterocycles. The molecule has 1 aromatic rings. The molecule has 4 heteroatoms. The smallest absolute Gasteiger partial charge is 0.322 e. The van der Waals surface area contributed by atoms with E-state index in [9.17, 15) is 4.79 Å². The van der Waals surface area contributed by atoms with E-state index in [0.29, 0.717) is 0 Å². The van der Waals surface area contributed by atoms with Crippen molar-refractivity contribution in [3.8, 4) is 0 Å². The number of nitrogens with zero attached hydrogens (tertiary/aromatic N) is 1. The van der Waals surface area contributed by atoms with Gasteiger partial charge >= 0.3 is 6.03 Å². The van der Waals surface area contributed by atoms with Gasteiger partial charge in [-0.05, 0) is 44.9 Å². The summed E-state index contributed by atoms with van der Waals surface area (Å²) in [4.78, 5) is 14.3. The Morgan fingerprint density at radius 1 is 1.42 bits per heavy atom. The van der Waals surface area contributed by atoms with Crippen LogP contribution in [0.15, 0.2) is 24.3 Å². The number of carbonyl (C=O) groups is 1. The molecule has 0 spiro atoms. The number of hydrogen-bond acceptors (Lipinski definition) is 2. The molecular weight excluding hydrogens is 238 g/mol. The molecule has 1 unspecified atom stereocenters. The lowest BCUT2D eigenvalue weighted by molar-refractivity contribution is 0.237. The molecule has 3 rings (SSSR count). The Hall–Kier alpha value is -1.55. The van der Waals surface area contributed by atoms with Gasteiger partial charge in [0, 0.05) is 23.8 Å². The van der Waals surface area contributed by atoms with E-state index < -0.39 is 0 Å². The molecule has 0 saturated carbocycles. The Balaban J connectivity index is 1.73. The minimum absolute atomic E-state index is 0.0189. The summed E-state index contributed by atoms with van der Waals surface area (Å²) in [7, 11) is 0. The normalized spacial score (nSPS) is 24.3. The number of fused-ring (bicyclic) bond motifs is 1. The lowest BCUT2D eigenvalue weighted by atomic mass is 9.97. The van der Waals surface area contributed by atoms with Crippen molar-refractivity contribution in [2.75, 3.05) is 18.0 Å². The van der Waals surface area contributed by atoms with E-state index in [1.54, 1.807) is 0 Å². The maximum atomic E-state index is 12.4. The average Bonchev–Trinajstić information content (AvgIpc) is 2.93. The molecule has 0 bridgehead atoms. The molecule has 4 nitrogen and oxygen atoms in total. The first-order valence-electron chi connectivity index (χ1n) is 6.99. The molecule has 0 aliphatic carbocycles. The number of amides is 2. The second kappa shape index (κ2) is 4.53. The molecule has 1 aromatic carbocycles. The summed E-state index contributed by atoms with van der Waals surface area (Å²) in [6.07, 6.45) is 1.95. The molecule has 2 aliphatic rings. The van der Waals surface area contributed by atoms with Gasteiger partial charge in [-0.15, -0.1) is 0 Å². The molecule has 2 heterocycles. The number of urea groups is 1. The summed E-state index contributed by atoms with van der Waals surface area (Å²) in [5.41, 5.74) is 2.31. The molecule has 2 amide bonds. The van der Waals surface area contributed by atoms with E-state index in [1.165, 1.54) is 5.56 Å². The van der Waals surface area contributed by atoms with Crippen molar-refractivity contribution in [2.45, 2.75) is 38.3 Å². The largest absolute Gasteiger partial charge is 0.333 e. The highest BCUT2D eigenvalue weighted by molar-refractivity contribution is 5.94. The maximum absolute atomic E-state index is 12.4. The highest BCUT2D eigenvalue weighted by atomic mass is 16.2. The Bertz CT molecular complexity index is 498. The van der Waals surface area contributed by atoms with Crippen molar-refractivity contribution in [1.82, 2.24) is 10.6 Å². The van der Waals surface area contributed by atoms with Crippen LogP contribution in [0.25, 0.3) is 0 Å². The summed E-state index contributed by atoms with van der Waals surface area (Å²) in [5, 5.41) is 6.60. The fraction of sp³-hybridized carbons (Fsp3) is 0.533. The van der Waals surface area contributed by atoms with Crippen molar-refractivity contribution >= 4 is 11.7 Å². The lowest BCUT2D eigenvalue weighted by Gasteiger charge is -2.30. The molecule has 102 valence electrons. The number of hydrogen-bond donors (Lipinski definition) is 2. The minimum atomic E-state index is -0.0189. The Kier molecular flexibility index (Phi) is 2.97. The average molecular weight is 259 g/mol. The third kappa shape index (κ3) is 2.21. The number of rotatable bonds is 1. The zero-order chi connectivity index (χ0) is 13.5. The fourth-order valence-corrected chi connectivity index (χ4v) is 3.05. The van der Waals surface area contributed by atoms with Crippen LogP contribution in [-0.2, 0) is 6.42 Å². The summed E-state index contributed by atoms with van der Waals surface area (Å²) in [6, 6.07) is 8.39. The standard InChI is InChI=1S/C15H21N3O/c1-15(2)13(7-9-16-15)17-14(19)18-10-8-11-5-3-4-6-12(11)18/h3-6,13,16H,7-10H2,1-2H3,(H,17,19). The van der Waals surface area contributed by atoms with Crippen LogP contribution < -0.4 is 15.5 Å². The van der Waals surface area contributed by atoms with E-state index in [0.717, 1.165) is 31.6 Å². The molecule has 19 heavy (non-hydrogen) atoms. The molecular formula is C15H21N3O. The first-order chi connectivity index (χ1) is 9.08. The van der Waals surface area contributed by atoms with E-state index >= 15 is 0 Å². The van der Waals surface area contributed by atoms with E-state index in [2.05, 4.69) is 30.5 Å². The van der Waals surface area contributed by atoms with Crippen LogP contribution in [0, 0.1) is 0 Å². The summed E-state index contributed by atoms with van der Waals surface area (Å²) >= 11 is 0. The van der Waals surface area contributed by atoms with Crippen LogP contribution in [0.2, 0.25) is 0 Å². The van der Waals surface area contributed by atoms with E-state index in [1.807, 2.05) is 23.1 Å². The van der Waals surface area contributed by atoms with Gasteiger partial charge < -0.3 is 10.6 Å². The lowest BCUT2D eigenvalue weighted by Crippen LogP contribution is -2.53. The van der Waals surface area contributed by atoms with Gasteiger partial charge in [-0.25, -0.2) is 4.79 Å². The second-order valence-electron chi connectivity index (χ2n) is 5.97. The quantitative estimate of drug-likeness (QED) is 0.809. The highest BCUT2D eigenvalue weighted by Gasteiger charge is 2.36. The topological polar surface area (TPSA) is 44.4 Å². The molecule has 2 aliphatic heterocycles. The highest BCUT2D eigenvalue weighted by Crippen LogP contribution is 2.28. The predicted molar refractivity (Wildman–Crippen MR) is 76.5 cm³/mol. The molecule has 0 radical (unpaired) electrons. The summed E-state index contributed by atoms with van der Waals surface area (Å²) in [5.74, 6) is 0. The van der Waals surface area contributed by atoms with Crippen molar-refractivity contribution in [3.63, 3.8) is 0 Å². The molecule has 0 aromatic heterocycles. The van der Waals surface area contributed by atoms with Crippen LogP contribution in [0.4, 0.5) is 10.5 Å². The van der Waals surface area contributed by atoms with Crippen LogP contribution >= 0.6 is 0 Å². The van der Waals surface area contributed by atoms with Gasteiger partial charge in [0.25, 0.3) is 0 Å². The van der Waals surface area contributed by atoms with Gasteiger partial charge in [0.05, 0.1) is 0 Å². The third-order valence-electron chi connectivity index (χ3n) is 4.31. The van der Waals surface area contributed by atoms with Gasteiger partial charge in [-0.1, -0.05) is 18.2 Å². The number of carbonyl (C=O) groups excluding carboxylic acids is 1. The van der Waals surface area contributed by atoms with Crippen molar-refractivity contribution < 1.29 is 4.79 Å². The number of anilines is 1. The zero-order valence-corrected chi connectivity index (χ0v) is 11.6. The second-order valence-corrected chi connectivity index (χ2v) is 5.97. The van der Waals surface area contributed by atoms with Crippen molar-refractivity contribution in [3.05, 3.63) is 29.8 Å². The Morgan fingerprint density at radius 2 is 2.21 bits per heavy atom. The first kappa shape index (κ1) is 12.5. The van der Waals surface area contributed by atoms with E-state index in [4.69, 9.17) is 0 Å². The van der Waals surface area contributed by atoms with Crippen LogP contribution in [0.1, 0.15) is 25.8 Å². The minimum Gasteiger partial charge on any atom is -0.333 e. The zero-order valence-electron chi connectivity index (χ0n) is 11.6. The van der Waals surface area contributed by atoms with Crippen LogP contribution in [-0.4, -0.2) is 30.7 Å². The van der Waals surface area contributed by atoms with E-state index in [-0.39, 0.29) is 17.6 Å². The molecule has 2 N–H and O–H groups in total. The number of benzene rings is 1. The van der Waals surface area contributed by atoms with Gasteiger partial charge in [0.1, 0.15) is 0 Å². The Morgan fingerprint density at radius 3 is 2.95 bits per heavy atom. The SMILES string of the molecule is CC1(C)NCCC1NC(=O)N1CCc2ccccc21. The van der Waals surface area contributed by atoms with Crippen LogP contribution in [0.3, 0.4) is 0 Å². The maximum Gasteiger partial charge on any atom is 0.322 e. The Labute approximate surface area is 114 Å². The van der Waals surface area contributed by atoms with Crippen molar-refractivity contribution in [1.29, 1.82) is 0 Å². The van der Waals surface area contributed by atoms with Gasteiger partial charge in [-0.3, -0.25) is 4.90 Å². The monoisotopic (exact) mass is 259 g/mol. The number of nitrogens with one attached hydrogen (secondary N) is 2. The summed E-state index contributed by atoms with van der Waals surface area (Å²) < 4.78 is 0.